The van der Waals surface area contributed by atoms with Crippen LogP contribution in [0.1, 0.15) is 0 Å². The summed E-state index contributed by atoms with van der Waals surface area (Å²) in [5.41, 5.74) is 0. The van der Waals surface area contributed by atoms with Crippen LogP contribution in [0.3, 0.4) is 0 Å². The van der Waals surface area contributed by atoms with E-state index < -0.39 is 0 Å². The summed E-state index contributed by atoms with van der Waals surface area (Å²) in [6.45, 7) is 1.03. The van der Waals surface area contributed by atoms with Crippen molar-refractivity contribution in [1.29, 1.82) is 0 Å². The van der Waals surface area contributed by atoms with Crippen LogP contribution < -0.4 is 10.6 Å². The molecule has 7 heteroatoms. The molecule has 0 aliphatic rings. The molecule has 1 aromatic rings. The molecule has 1 aromatic heterocycles. The summed E-state index contributed by atoms with van der Waals surface area (Å²) in [5, 5.41) is 4.84. The molecule has 0 saturated carbocycles. The zero-order valence-electron chi connectivity index (χ0n) is 8.27. The van der Waals surface area contributed by atoms with Crippen molar-refractivity contribution in [3.8, 4) is 0 Å². The van der Waals surface area contributed by atoms with E-state index in [1.54, 1.807) is 11.7 Å². The van der Waals surface area contributed by atoms with Gasteiger partial charge < -0.3 is 19.9 Å². The van der Waals surface area contributed by atoms with Crippen LogP contribution in [0, 0.1) is 0 Å². The molecule has 1 heterocycles. The van der Waals surface area contributed by atoms with Crippen molar-refractivity contribution < 1.29 is 14.3 Å². The molecule has 0 aromatic carbocycles. The zero-order valence-corrected chi connectivity index (χ0v) is 8.27. The number of hydrogen-bond acceptors (Lipinski definition) is 4. The monoisotopic (exact) mass is 212 g/mol. The topological polar surface area (TPSA) is 85.2 Å². The Kier molecular flexibility index (Phi) is 4.30. The highest BCUT2D eigenvalue weighted by Gasteiger charge is 2.09. The lowest BCUT2D eigenvalue weighted by molar-refractivity contribution is -0.106. The Bertz CT molecular complexity index is 337. The Balaban J connectivity index is 2.83. The number of nitrogens with one attached hydrogen (secondary N) is 2. The predicted molar refractivity (Wildman–Crippen MR) is 53.5 cm³/mol. The Labute approximate surface area is 86.4 Å². The minimum absolute atomic E-state index is 0.313. The molecule has 0 fully saturated rings. The summed E-state index contributed by atoms with van der Waals surface area (Å²) in [7, 11) is 1.58. The first-order chi connectivity index (χ1) is 7.33. The molecule has 0 radical (unpaired) electrons. The van der Waals surface area contributed by atoms with Crippen LogP contribution in [-0.2, 0) is 20.9 Å². The minimum Gasteiger partial charge on any atom is -0.383 e. The number of hydrogen-bond donors (Lipinski definition) is 2. The molecule has 0 unspecified atom stereocenters. The Morgan fingerprint density at radius 3 is 2.80 bits per heavy atom. The van der Waals surface area contributed by atoms with Gasteiger partial charge in [-0.2, -0.15) is 0 Å². The van der Waals surface area contributed by atoms with Crippen molar-refractivity contribution in [1.82, 2.24) is 9.55 Å². The van der Waals surface area contributed by atoms with Crippen molar-refractivity contribution in [2.45, 2.75) is 6.54 Å². The lowest BCUT2D eigenvalue weighted by atomic mass is 10.5. The molecule has 7 nitrogen and oxygen atoms in total. The standard InChI is InChI=1S/C8H12N4O3/c1-15-3-2-12-4-9-7(10-5-13)8(12)11-6-14/h4-6H,2-3H2,1H3,(H,10,13)(H,11,14). The van der Waals surface area contributed by atoms with Gasteiger partial charge in [-0.25, -0.2) is 4.98 Å². The number of amides is 2. The maximum absolute atomic E-state index is 10.4. The Morgan fingerprint density at radius 1 is 1.47 bits per heavy atom. The quantitative estimate of drug-likeness (QED) is 0.606. The average Bonchev–Trinajstić information content (AvgIpc) is 2.60. The molecule has 0 saturated heterocycles. The van der Waals surface area contributed by atoms with Gasteiger partial charge in [0, 0.05) is 13.7 Å². The molecule has 82 valence electrons. The maximum Gasteiger partial charge on any atom is 0.212 e. The highest BCUT2D eigenvalue weighted by molar-refractivity contribution is 5.82. The van der Waals surface area contributed by atoms with E-state index in [2.05, 4.69) is 15.6 Å². The van der Waals surface area contributed by atoms with Crippen molar-refractivity contribution in [3.05, 3.63) is 6.33 Å². The first-order valence-corrected chi connectivity index (χ1v) is 4.28. The summed E-state index contributed by atoms with van der Waals surface area (Å²) in [6.07, 6.45) is 2.53. The number of aromatic nitrogens is 2. The van der Waals surface area contributed by atoms with Crippen LogP contribution in [0.5, 0.6) is 0 Å². The highest BCUT2D eigenvalue weighted by atomic mass is 16.5. The fourth-order valence-electron chi connectivity index (χ4n) is 1.11. The minimum atomic E-state index is 0.313. The van der Waals surface area contributed by atoms with Gasteiger partial charge in [-0.05, 0) is 0 Å². The van der Waals surface area contributed by atoms with Crippen molar-refractivity contribution >= 4 is 24.5 Å². The van der Waals surface area contributed by atoms with E-state index in [9.17, 15) is 9.59 Å². The van der Waals surface area contributed by atoms with E-state index >= 15 is 0 Å². The zero-order chi connectivity index (χ0) is 11.1. The van der Waals surface area contributed by atoms with E-state index in [0.717, 1.165) is 0 Å². The third-order valence-corrected chi connectivity index (χ3v) is 1.77. The first-order valence-electron chi connectivity index (χ1n) is 4.28. The average molecular weight is 212 g/mol. The van der Waals surface area contributed by atoms with Crippen LogP contribution in [0.2, 0.25) is 0 Å². The summed E-state index contributed by atoms with van der Waals surface area (Å²) in [6, 6.07) is 0. The van der Waals surface area contributed by atoms with Crippen molar-refractivity contribution in [2.24, 2.45) is 0 Å². The van der Waals surface area contributed by atoms with Gasteiger partial charge in [0.2, 0.25) is 12.8 Å². The number of rotatable bonds is 7. The molecule has 0 atom stereocenters. The number of carbonyl (C=O) groups is 2. The lowest BCUT2D eigenvalue weighted by Gasteiger charge is -2.06. The smallest absolute Gasteiger partial charge is 0.212 e. The third-order valence-electron chi connectivity index (χ3n) is 1.77. The number of nitrogens with zero attached hydrogens (tertiary/aromatic N) is 2. The van der Waals surface area contributed by atoms with Gasteiger partial charge in [0.1, 0.15) is 0 Å². The molecule has 0 aliphatic carbocycles. The van der Waals surface area contributed by atoms with Crippen molar-refractivity contribution in [3.63, 3.8) is 0 Å². The molecular formula is C8H12N4O3. The second kappa shape index (κ2) is 5.76. The summed E-state index contributed by atoms with van der Waals surface area (Å²) in [5.74, 6) is 0.752. The third kappa shape index (κ3) is 2.78. The van der Waals surface area contributed by atoms with E-state index in [0.29, 0.717) is 37.6 Å². The van der Waals surface area contributed by atoms with E-state index in [-0.39, 0.29) is 0 Å². The Morgan fingerprint density at radius 2 is 2.20 bits per heavy atom. The number of ether oxygens (including phenoxy) is 1. The normalized spacial score (nSPS) is 9.67. The Hall–Kier alpha value is -1.89. The van der Waals surface area contributed by atoms with Crippen LogP contribution in [0.25, 0.3) is 0 Å². The molecule has 0 aliphatic heterocycles. The van der Waals surface area contributed by atoms with E-state index in [4.69, 9.17) is 4.74 Å². The van der Waals surface area contributed by atoms with Gasteiger partial charge in [0.25, 0.3) is 0 Å². The first kappa shape index (κ1) is 11.2. The van der Waals surface area contributed by atoms with Crippen LogP contribution in [0.15, 0.2) is 6.33 Å². The largest absolute Gasteiger partial charge is 0.383 e. The van der Waals surface area contributed by atoms with Gasteiger partial charge in [0.15, 0.2) is 11.6 Å². The molecule has 0 spiro atoms. The van der Waals surface area contributed by atoms with Gasteiger partial charge in [-0.1, -0.05) is 0 Å². The van der Waals surface area contributed by atoms with Gasteiger partial charge in [0.05, 0.1) is 12.9 Å². The van der Waals surface area contributed by atoms with Crippen LogP contribution in [0.4, 0.5) is 11.6 Å². The fourth-order valence-corrected chi connectivity index (χ4v) is 1.11. The van der Waals surface area contributed by atoms with Gasteiger partial charge >= 0.3 is 0 Å². The predicted octanol–water partition coefficient (Wildman–Crippen LogP) is -0.334. The van der Waals surface area contributed by atoms with Crippen LogP contribution in [-0.4, -0.2) is 36.1 Å². The lowest BCUT2D eigenvalue weighted by Crippen LogP contribution is -2.09. The maximum atomic E-state index is 10.4. The fraction of sp³-hybridized carbons (Fsp3) is 0.375. The summed E-state index contributed by atoms with van der Waals surface area (Å²) in [4.78, 5) is 24.5. The number of carbonyl (C=O) groups excluding carboxylic acids is 2. The molecule has 2 amide bonds. The molecule has 15 heavy (non-hydrogen) atoms. The second-order valence-electron chi connectivity index (χ2n) is 2.65. The van der Waals surface area contributed by atoms with Crippen LogP contribution >= 0.6 is 0 Å². The highest BCUT2D eigenvalue weighted by Crippen LogP contribution is 2.18. The number of methoxy groups -OCH3 is 1. The molecular weight excluding hydrogens is 200 g/mol. The van der Waals surface area contributed by atoms with E-state index in [1.807, 2.05) is 0 Å². The SMILES string of the molecule is COCCn1cnc(NC=O)c1NC=O. The molecule has 2 N–H and O–H groups in total. The summed E-state index contributed by atoms with van der Waals surface area (Å²) >= 11 is 0. The summed E-state index contributed by atoms with van der Waals surface area (Å²) < 4.78 is 6.56. The van der Waals surface area contributed by atoms with Crippen molar-refractivity contribution in [2.75, 3.05) is 24.4 Å². The molecule has 1 rings (SSSR count). The second-order valence-corrected chi connectivity index (χ2v) is 2.65. The number of imidazole rings is 1. The van der Waals surface area contributed by atoms with E-state index in [1.165, 1.54) is 6.33 Å². The van der Waals surface area contributed by atoms with Gasteiger partial charge in [-0.3, -0.25) is 9.59 Å². The number of anilines is 2. The van der Waals surface area contributed by atoms with Gasteiger partial charge in [-0.15, -0.1) is 0 Å². The molecule has 0 bridgehead atoms.